The summed E-state index contributed by atoms with van der Waals surface area (Å²) in [4.78, 5) is 0. The van der Waals surface area contributed by atoms with E-state index in [9.17, 15) is 0 Å². The molecule has 1 atom stereocenters. The molecule has 1 aliphatic rings. The predicted octanol–water partition coefficient (Wildman–Crippen LogP) is 3.45. The van der Waals surface area contributed by atoms with E-state index in [1.807, 2.05) is 42.5 Å². The van der Waals surface area contributed by atoms with E-state index < -0.39 is 0 Å². The molecule has 0 saturated heterocycles. The van der Waals surface area contributed by atoms with Crippen molar-refractivity contribution in [1.29, 1.82) is 0 Å². The second-order valence-electron chi connectivity index (χ2n) is 5.97. The quantitative estimate of drug-likeness (QED) is 0.754. The molecule has 128 valence electrons. The second kappa shape index (κ2) is 8.60. The molecule has 0 spiro atoms. The summed E-state index contributed by atoms with van der Waals surface area (Å²) in [5.74, 6) is 2.74. The predicted molar refractivity (Wildman–Crippen MR) is 95.2 cm³/mol. The Balaban J connectivity index is 1.34. The molecule has 4 heteroatoms. The number of benzene rings is 2. The van der Waals surface area contributed by atoms with Gasteiger partial charge in [0.2, 0.25) is 0 Å². The lowest BCUT2D eigenvalue weighted by molar-refractivity contribution is 0.169. The molecule has 1 heterocycles. The van der Waals surface area contributed by atoms with Crippen LogP contribution in [0.3, 0.4) is 0 Å². The van der Waals surface area contributed by atoms with Gasteiger partial charge in [0.25, 0.3) is 0 Å². The molecule has 3 rings (SSSR count). The fraction of sp³-hybridized carbons (Fsp3) is 0.400. The van der Waals surface area contributed by atoms with Crippen molar-refractivity contribution in [3.05, 3.63) is 54.1 Å². The zero-order chi connectivity index (χ0) is 16.6. The van der Waals surface area contributed by atoms with Crippen LogP contribution >= 0.6 is 0 Å². The summed E-state index contributed by atoms with van der Waals surface area (Å²) in [6, 6.07) is 16.0. The van der Waals surface area contributed by atoms with E-state index in [-0.39, 0.29) is 6.10 Å². The Morgan fingerprint density at radius 3 is 2.83 bits per heavy atom. The molecule has 1 aliphatic heterocycles. The van der Waals surface area contributed by atoms with Gasteiger partial charge in [-0.05, 0) is 49.6 Å². The van der Waals surface area contributed by atoms with Crippen LogP contribution in [-0.2, 0) is 6.42 Å². The highest BCUT2D eigenvalue weighted by molar-refractivity contribution is 5.42. The van der Waals surface area contributed by atoms with Gasteiger partial charge in [-0.1, -0.05) is 24.3 Å². The van der Waals surface area contributed by atoms with Gasteiger partial charge in [0, 0.05) is 12.6 Å². The van der Waals surface area contributed by atoms with E-state index in [0.29, 0.717) is 0 Å². The van der Waals surface area contributed by atoms with Crippen LogP contribution < -0.4 is 19.5 Å². The summed E-state index contributed by atoms with van der Waals surface area (Å²) >= 11 is 0. The van der Waals surface area contributed by atoms with Crippen molar-refractivity contribution in [1.82, 2.24) is 5.32 Å². The van der Waals surface area contributed by atoms with E-state index in [2.05, 4.69) is 11.4 Å². The van der Waals surface area contributed by atoms with Crippen LogP contribution in [0.2, 0.25) is 0 Å². The number of para-hydroxylation sites is 1. The van der Waals surface area contributed by atoms with Crippen molar-refractivity contribution in [2.45, 2.75) is 25.4 Å². The van der Waals surface area contributed by atoms with Gasteiger partial charge in [-0.3, -0.25) is 0 Å². The molecule has 0 amide bonds. The lowest BCUT2D eigenvalue weighted by Crippen LogP contribution is -2.35. The Labute approximate surface area is 143 Å². The van der Waals surface area contributed by atoms with E-state index >= 15 is 0 Å². The molecule has 0 radical (unpaired) electrons. The Bertz CT molecular complexity index is 630. The number of aryl methyl sites for hydroxylation is 1. The van der Waals surface area contributed by atoms with Gasteiger partial charge < -0.3 is 19.5 Å². The number of hydrogen-bond donors (Lipinski definition) is 1. The van der Waals surface area contributed by atoms with Gasteiger partial charge in [-0.15, -0.1) is 0 Å². The second-order valence-corrected chi connectivity index (χ2v) is 5.97. The van der Waals surface area contributed by atoms with Crippen LogP contribution in [0.15, 0.2) is 48.5 Å². The molecule has 2 aromatic carbocycles. The minimum atomic E-state index is 0.222. The van der Waals surface area contributed by atoms with Crippen LogP contribution in [0.25, 0.3) is 0 Å². The molecule has 24 heavy (non-hydrogen) atoms. The largest absolute Gasteiger partial charge is 0.497 e. The SMILES string of the molecule is COc1ccc2c(c1)OC(CNCCCOc1ccccc1)CC2. The maximum atomic E-state index is 6.08. The van der Waals surface area contributed by atoms with Crippen LogP contribution in [0, 0.1) is 0 Å². The minimum Gasteiger partial charge on any atom is -0.497 e. The molecule has 0 aromatic heterocycles. The van der Waals surface area contributed by atoms with Crippen molar-refractivity contribution >= 4 is 0 Å². The van der Waals surface area contributed by atoms with Gasteiger partial charge in [0.05, 0.1) is 13.7 Å². The highest BCUT2D eigenvalue weighted by Crippen LogP contribution is 2.31. The molecule has 0 fully saturated rings. The van der Waals surface area contributed by atoms with E-state index in [1.165, 1.54) is 5.56 Å². The Kier molecular flexibility index (Phi) is 5.96. The highest BCUT2D eigenvalue weighted by Gasteiger charge is 2.19. The monoisotopic (exact) mass is 327 g/mol. The third-order valence-electron chi connectivity index (χ3n) is 4.19. The molecule has 1 unspecified atom stereocenters. The van der Waals surface area contributed by atoms with E-state index in [4.69, 9.17) is 14.2 Å². The van der Waals surface area contributed by atoms with E-state index in [1.54, 1.807) is 7.11 Å². The summed E-state index contributed by atoms with van der Waals surface area (Å²) in [7, 11) is 1.68. The smallest absolute Gasteiger partial charge is 0.126 e. The van der Waals surface area contributed by atoms with Gasteiger partial charge in [0.1, 0.15) is 23.4 Å². The van der Waals surface area contributed by atoms with Crippen molar-refractivity contribution < 1.29 is 14.2 Å². The molecule has 2 aromatic rings. The number of ether oxygens (including phenoxy) is 3. The van der Waals surface area contributed by atoms with Gasteiger partial charge in [0.15, 0.2) is 0 Å². The lowest BCUT2D eigenvalue weighted by atomic mass is 10.0. The van der Waals surface area contributed by atoms with Crippen LogP contribution in [0.1, 0.15) is 18.4 Å². The Morgan fingerprint density at radius 2 is 2.00 bits per heavy atom. The number of hydrogen-bond acceptors (Lipinski definition) is 4. The zero-order valence-corrected chi connectivity index (χ0v) is 14.2. The maximum absolute atomic E-state index is 6.08. The fourth-order valence-electron chi connectivity index (χ4n) is 2.84. The summed E-state index contributed by atoms with van der Waals surface area (Å²) in [5.41, 5.74) is 1.27. The first-order chi connectivity index (χ1) is 11.8. The van der Waals surface area contributed by atoms with Crippen LogP contribution in [0.4, 0.5) is 0 Å². The summed E-state index contributed by atoms with van der Waals surface area (Å²) in [6.07, 6.45) is 3.31. The van der Waals surface area contributed by atoms with Crippen LogP contribution in [0.5, 0.6) is 17.2 Å². The third kappa shape index (κ3) is 4.65. The molecular formula is C20H25NO3. The van der Waals surface area contributed by atoms with Crippen molar-refractivity contribution in [3.8, 4) is 17.2 Å². The van der Waals surface area contributed by atoms with Crippen molar-refractivity contribution in [2.24, 2.45) is 0 Å². The molecule has 4 nitrogen and oxygen atoms in total. The molecule has 0 aliphatic carbocycles. The molecule has 0 bridgehead atoms. The zero-order valence-electron chi connectivity index (χ0n) is 14.2. The number of methoxy groups -OCH3 is 1. The average molecular weight is 327 g/mol. The molecule has 0 saturated carbocycles. The van der Waals surface area contributed by atoms with Crippen molar-refractivity contribution in [2.75, 3.05) is 26.8 Å². The van der Waals surface area contributed by atoms with Crippen LogP contribution in [-0.4, -0.2) is 32.9 Å². The van der Waals surface area contributed by atoms with E-state index in [0.717, 1.165) is 56.2 Å². The average Bonchev–Trinajstić information content (AvgIpc) is 2.64. The van der Waals surface area contributed by atoms with Gasteiger partial charge in [-0.2, -0.15) is 0 Å². The summed E-state index contributed by atoms with van der Waals surface area (Å²) in [6.45, 7) is 2.52. The first kappa shape index (κ1) is 16.7. The highest BCUT2D eigenvalue weighted by atomic mass is 16.5. The molecule has 1 N–H and O–H groups in total. The summed E-state index contributed by atoms with van der Waals surface area (Å²) in [5, 5.41) is 3.46. The first-order valence-electron chi connectivity index (χ1n) is 8.57. The Hall–Kier alpha value is -2.20. The third-order valence-corrected chi connectivity index (χ3v) is 4.19. The van der Waals surface area contributed by atoms with Gasteiger partial charge in [-0.25, -0.2) is 0 Å². The van der Waals surface area contributed by atoms with Gasteiger partial charge >= 0.3 is 0 Å². The summed E-state index contributed by atoms with van der Waals surface area (Å²) < 4.78 is 17.0. The minimum absolute atomic E-state index is 0.222. The number of rotatable bonds is 8. The normalized spacial score (nSPS) is 16.1. The lowest BCUT2D eigenvalue weighted by Gasteiger charge is -2.26. The number of fused-ring (bicyclic) bond motifs is 1. The first-order valence-corrected chi connectivity index (χ1v) is 8.57. The number of nitrogens with one attached hydrogen (secondary N) is 1. The Morgan fingerprint density at radius 1 is 1.12 bits per heavy atom. The standard InChI is InChI=1S/C20H25NO3/c1-22-18-10-8-16-9-11-19(24-20(16)14-18)15-21-12-5-13-23-17-6-3-2-4-7-17/h2-4,6-8,10,14,19,21H,5,9,11-13,15H2,1H3. The topological polar surface area (TPSA) is 39.7 Å². The van der Waals surface area contributed by atoms with Crippen molar-refractivity contribution in [3.63, 3.8) is 0 Å². The maximum Gasteiger partial charge on any atom is 0.126 e. The fourth-order valence-corrected chi connectivity index (χ4v) is 2.84. The molecular weight excluding hydrogens is 302 g/mol.